The van der Waals surface area contributed by atoms with E-state index in [0.29, 0.717) is 0 Å². The Morgan fingerprint density at radius 1 is 0.600 bits per heavy atom. The standard InChI is InChI=1S/C23H27NP/c1-24(2)19-12-20-25(21-13-6-3-7-14-21,22-15-8-4-9-16-22)23-17-10-5-11-18-23/h3-11,13-18H,12,19-20H2,1-2H3. The maximum absolute atomic E-state index is 2.32. The van der Waals surface area contributed by atoms with E-state index in [1.807, 2.05) is 0 Å². The molecule has 0 spiro atoms. The number of hydrogen-bond donors (Lipinski definition) is 0. The second-order valence-electron chi connectivity index (χ2n) is 6.70. The molecule has 1 radical (unpaired) electrons. The lowest BCUT2D eigenvalue weighted by atomic mass is 10.3. The van der Waals surface area contributed by atoms with E-state index in [1.165, 1.54) is 28.5 Å². The van der Waals surface area contributed by atoms with Crippen LogP contribution in [0.25, 0.3) is 0 Å². The van der Waals surface area contributed by atoms with Crippen molar-refractivity contribution in [3.8, 4) is 0 Å². The van der Waals surface area contributed by atoms with E-state index in [-0.39, 0.29) is 0 Å². The van der Waals surface area contributed by atoms with Gasteiger partial charge < -0.3 is 4.90 Å². The van der Waals surface area contributed by atoms with E-state index in [2.05, 4.69) is 110 Å². The average molecular weight is 348 g/mol. The monoisotopic (exact) mass is 348 g/mol. The lowest BCUT2D eigenvalue weighted by Crippen LogP contribution is -2.34. The predicted molar refractivity (Wildman–Crippen MR) is 113 cm³/mol. The Morgan fingerprint density at radius 2 is 0.960 bits per heavy atom. The highest BCUT2D eigenvalue weighted by atomic mass is 31.2. The first-order chi connectivity index (χ1) is 12.2. The molecule has 2 heteroatoms. The molecule has 0 heterocycles. The Kier molecular flexibility index (Phi) is 6.02. The first kappa shape index (κ1) is 17.9. The third-order valence-corrected chi connectivity index (χ3v) is 9.22. The maximum Gasteiger partial charge on any atom is -0.00213 e. The van der Waals surface area contributed by atoms with Crippen LogP contribution >= 0.6 is 7.26 Å². The fraction of sp³-hybridized carbons (Fsp3) is 0.217. The summed E-state index contributed by atoms with van der Waals surface area (Å²) in [4.78, 5) is 2.29. The first-order valence-corrected chi connectivity index (χ1v) is 10.9. The van der Waals surface area contributed by atoms with Crippen molar-refractivity contribution in [2.24, 2.45) is 0 Å². The SMILES string of the molecule is CN(C)CCC[P](c1ccccc1)(c1ccccc1)c1ccccc1. The summed E-state index contributed by atoms with van der Waals surface area (Å²) in [7, 11) is 2.68. The fourth-order valence-electron chi connectivity index (χ4n) is 3.51. The lowest BCUT2D eigenvalue weighted by molar-refractivity contribution is 0.409. The van der Waals surface area contributed by atoms with Gasteiger partial charge in [-0.05, 0) is 56.4 Å². The highest BCUT2D eigenvalue weighted by Gasteiger charge is 2.33. The smallest absolute Gasteiger partial charge is 0.00213 e. The van der Waals surface area contributed by atoms with Gasteiger partial charge in [-0.2, -0.15) is 0 Å². The van der Waals surface area contributed by atoms with Gasteiger partial charge in [0.2, 0.25) is 0 Å². The Morgan fingerprint density at radius 3 is 1.28 bits per heavy atom. The molecule has 0 amide bonds. The normalized spacial score (nSPS) is 11.6. The lowest BCUT2D eigenvalue weighted by Gasteiger charge is -2.39. The van der Waals surface area contributed by atoms with Crippen molar-refractivity contribution in [2.75, 3.05) is 26.8 Å². The van der Waals surface area contributed by atoms with Crippen LogP contribution in [0.4, 0.5) is 0 Å². The van der Waals surface area contributed by atoms with Crippen LogP contribution in [0.5, 0.6) is 0 Å². The molecular weight excluding hydrogens is 321 g/mol. The van der Waals surface area contributed by atoms with E-state index in [0.717, 1.165) is 6.54 Å². The molecule has 3 rings (SSSR count). The van der Waals surface area contributed by atoms with Crippen LogP contribution in [0, 0.1) is 0 Å². The Hall–Kier alpha value is -1.95. The van der Waals surface area contributed by atoms with Gasteiger partial charge in [-0.3, -0.25) is 0 Å². The van der Waals surface area contributed by atoms with Gasteiger partial charge in [-0.15, -0.1) is 0 Å². The summed E-state index contributed by atoms with van der Waals surface area (Å²) in [6.07, 6.45) is 2.39. The second kappa shape index (κ2) is 8.43. The number of hydrogen-bond acceptors (Lipinski definition) is 1. The molecule has 1 nitrogen and oxygen atoms in total. The number of nitrogens with zero attached hydrogens (tertiary/aromatic N) is 1. The van der Waals surface area contributed by atoms with Crippen LogP contribution in [0.2, 0.25) is 0 Å². The van der Waals surface area contributed by atoms with Gasteiger partial charge in [0, 0.05) is 0 Å². The Labute approximate surface area is 152 Å². The van der Waals surface area contributed by atoms with E-state index in [9.17, 15) is 0 Å². The van der Waals surface area contributed by atoms with Crippen molar-refractivity contribution in [2.45, 2.75) is 6.42 Å². The van der Waals surface area contributed by atoms with Crippen molar-refractivity contribution in [1.82, 2.24) is 4.90 Å². The van der Waals surface area contributed by atoms with E-state index >= 15 is 0 Å². The predicted octanol–water partition coefficient (Wildman–Crippen LogP) is 3.93. The third-order valence-electron chi connectivity index (χ3n) is 4.69. The van der Waals surface area contributed by atoms with E-state index < -0.39 is 7.26 Å². The summed E-state index contributed by atoms with van der Waals surface area (Å²) in [5, 5.41) is 4.43. The molecular formula is C23H27NP. The Balaban J connectivity index is 2.16. The van der Waals surface area contributed by atoms with Gasteiger partial charge in [0.25, 0.3) is 0 Å². The van der Waals surface area contributed by atoms with Crippen LogP contribution in [-0.2, 0) is 0 Å². The molecule has 0 aliphatic rings. The molecule has 0 bridgehead atoms. The molecule has 0 saturated heterocycles. The topological polar surface area (TPSA) is 3.24 Å². The summed E-state index contributed by atoms with van der Waals surface area (Å²) < 4.78 is 0. The second-order valence-corrected chi connectivity index (χ2v) is 10.3. The zero-order valence-corrected chi connectivity index (χ0v) is 16.1. The quantitative estimate of drug-likeness (QED) is 0.585. The van der Waals surface area contributed by atoms with Gasteiger partial charge in [0.05, 0.1) is 0 Å². The van der Waals surface area contributed by atoms with E-state index in [4.69, 9.17) is 0 Å². The van der Waals surface area contributed by atoms with Crippen LogP contribution in [0.15, 0.2) is 91.0 Å². The number of benzene rings is 3. The molecule has 0 fully saturated rings. The highest BCUT2D eigenvalue weighted by Crippen LogP contribution is 2.55. The molecule has 3 aromatic rings. The van der Waals surface area contributed by atoms with E-state index in [1.54, 1.807) is 0 Å². The maximum atomic E-state index is 2.32. The molecule has 25 heavy (non-hydrogen) atoms. The van der Waals surface area contributed by atoms with Crippen molar-refractivity contribution in [3.05, 3.63) is 91.0 Å². The first-order valence-electron chi connectivity index (χ1n) is 8.93. The number of rotatable bonds is 7. The van der Waals surface area contributed by atoms with Gasteiger partial charge in [-0.1, -0.05) is 91.0 Å². The Bertz CT molecular complexity index is 657. The average Bonchev–Trinajstić information content (AvgIpc) is 2.67. The molecule has 0 unspecified atom stereocenters. The molecule has 0 aliphatic heterocycles. The summed E-state index contributed by atoms with van der Waals surface area (Å²) in [5.41, 5.74) is 0. The van der Waals surface area contributed by atoms with Gasteiger partial charge in [0.1, 0.15) is 0 Å². The van der Waals surface area contributed by atoms with Crippen molar-refractivity contribution < 1.29 is 0 Å². The molecule has 3 aromatic carbocycles. The molecule has 0 atom stereocenters. The van der Waals surface area contributed by atoms with Crippen molar-refractivity contribution in [3.63, 3.8) is 0 Å². The van der Waals surface area contributed by atoms with Gasteiger partial charge in [-0.25, -0.2) is 0 Å². The van der Waals surface area contributed by atoms with Crippen LogP contribution in [0.3, 0.4) is 0 Å². The summed E-state index contributed by atoms with van der Waals surface area (Å²) in [6, 6.07) is 33.4. The minimum Gasteiger partial charge on any atom is -0.309 e. The van der Waals surface area contributed by atoms with Crippen molar-refractivity contribution in [1.29, 1.82) is 0 Å². The fourth-order valence-corrected chi connectivity index (χ4v) is 7.83. The molecule has 129 valence electrons. The zero-order valence-electron chi connectivity index (χ0n) is 15.2. The van der Waals surface area contributed by atoms with Crippen LogP contribution in [-0.4, -0.2) is 31.7 Å². The highest BCUT2D eigenvalue weighted by molar-refractivity contribution is 7.95. The van der Waals surface area contributed by atoms with Gasteiger partial charge in [0.15, 0.2) is 0 Å². The summed E-state index contributed by atoms with van der Waals surface area (Å²) >= 11 is 0. The minimum atomic E-state index is -1.64. The molecule has 0 aromatic heterocycles. The largest absolute Gasteiger partial charge is 0.309 e. The zero-order chi connectivity index (χ0) is 17.5. The van der Waals surface area contributed by atoms with Gasteiger partial charge >= 0.3 is 0 Å². The summed E-state index contributed by atoms with van der Waals surface area (Å²) in [6.45, 7) is 1.12. The molecule has 0 saturated carbocycles. The summed E-state index contributed by atoms with van der Waals surface area (Å²) in [5.74, 6) is 0. The molecule has 0 N–H and O–H groups in total. The minimum absolute atomic E-state index is 1.12. The third kappa shape index (κ3) is 4.00. The van der Waals surface area contributed by atoms with Crippen molar-refractivity contribution >= 4 is 23.2 Å². The molecule has 0 aliphatic carbocycles. The van der Waals surface area contributed by atoms with Crippen LogP contribution < -0.4 is 15.9 Å². The van der Waals surface area contributed by atoms with Crippen LogP contribution in [0.1, 0.15) is 6.42 Å².